The van der Waals surface area contributed by atoms with Gasteiger partial charge < -0.3 is 14.5 Å². The smallest absolute Gasteiger partial charge is 0.496 e. The number of carbonyl (C=O) groups is 1. The third-order valence-corrected chi connectivity index (χ3v) is 4.83. The van der Waals surface area contributed by atoms with Gasteiger partial charge in [-0.15, -0.1) is 13.2 Å². The molecular weight excluding hydrogens is 453 g/mol. The van der Waals surface area contributed by atoms with Gasteiger partial charge in [-0.1, -0.05) is 22.0 Å². The van der Waals surface area contributed by atoms with E-state index in [2.05, 4.69) is 25.7 Å². The number of carbonyl (C=O) groups excluding carboxylic acids is 1. The third-order valence-electron chi connectivity index (χ3n) is 3.92. The maximum absolute atomic E-state index is 13.8. The fourth-order valence-electron chi connectivity index (χ4n) is 2.70. The number of benzene rings is 2. The van der Waals surface area contributed by atoms with Gasteiger partial charge in [0.2, 0.25) is 0 Å². The monoisotopic (exact) mass is 463 g/mol. The minimum absolute atomic E-state index is 0.00437. The molecule has 0 aliphatic rings. The Labute approximate surface area is 163 Å². The minimum Gasteiger partial charge on any atom is -0.496 e. The van der Waals surface area contributed by atoms with E-state index in [1.165, 1.54) is 19.4 Å². The van der Waals surface area contributed by atoms with Gasteiger partial charge in [0.25, 0.3) is 0 Å². The summed E-state index contributed by atoms with van der Waals surface area (Å²) >= 11 is 3.21. The molecular formula is C18H11BrF5NO3. The van der Waals surface area contributed by atoms with Crippen molar-refractivity contribution in [3.8, 4) is 11.5 Å². The number of aromatic nitrogens is 1. The molecule has 0 fully saturated rings. The summed E-state index contributed by atoms with van der Waals surface area (Å²) in [6.07, 6.45) is -3.84. The van der Waals surface area contributed by atoms with E-state index in [9.17, 15) is 26.7 Å². The molecule has 0 aliphatic heterocycles. The maximum atomic E-state index is 13.8. The van der Waals surface area contributed by atoms with E-state index in [-0.39, 0.29) is 22.2 Å². The van der Waals surface area contributed by atoms with Crippen LogP contribution in [0.15, 0.2) is 36.5 Å². The van der Waals surface area contributed by atoms with Gasteiger partial charge in [0.15, 0.2) is 17.3 Å². The van der Waals surface area contributed by atoms with Crippen LogP contribution < -0.4 is 9.47 Å². The number of alkyl halides is 4. The molecule has 2 aromatic carbocycles. The molecule has 1 unspecified atom stereocenters. The van der Waals surface area contributed by atoms with Crippen molar-refractivity contribution in [1.29, 1.82) is 0 Å². The minimum atomic E-state index is -5.09. The molecule has 3 aromatic rings. The van der Waals surface area contributed by atoms with Gasteiger partial charge in [-0.2, -0.15) is 0 Å². The molecule has 10 heteroatoms. The average Bonchev–Trinajstić information content (AvgIpc) is 3.02. The molecule has 28 heavy (non-hydrogen) atoms. The van der Waals surface area contributed by atoms with Crippen LogP contribution in [0.2, 0.25) is 0 Å². The van der Waals surface area contributed by atoms with Crippen molar-refractivity contribution in [3.05, 3.63) is 59.3 Å². The summed E-state index contributed by atoms with van der Waals surface area (Å²) in [5.74, 6) is -3.30. The maximum Gasteiger partial charge on any atom is 0.573 e. The quantitative estimate of drug-likeness (QED) is 0.301. The van der Waals surface area contributed by atoms with Gasteiger partial charge in [0.05, 0.1) is 7.11 Å². The summed E-state index contributed by atoms with van der Waals surface area (Å²) < 4.78 is 73.3. The highest BCUT2D eigenvalue weighted by Gasteiger charge is 2.33. The van der Waals surface area contributed by atoms with Crippen LogP contribution in [0.5, 0.6) is 11.5 Å². The van der Waals surface area contributed by atoms with Crippen LogP contribution in [-0.2, 0) is 0 Å². The van der Waals surface area contributed by atoms with Crippen LogP contribution in [-0.4, -0.2) is 24.2 Å². The first-order chi connectivity index (χ1) is 13.1. The van der Waals surface area contributed by atoms with E-state index in [4.69, 9.17) is 4.74 Å². The van der Waals surface area contributed by atoms with Crippen LogP contribution in [0.25, 0.3) is 10.9 Å². The molecule has 0 spiro atoms. The van der Waals surface area contributed by atoms with Crippen molar-refractivity contribution in [2.75, 3.05) is 7.11 Å². The highest BCUT2D eigenvalue weighted by Crippen LogP contribution is 2.37. The van der Waals surface area contributed by atoms with E-state index in [0.29, 0.717) is 5.56 Å². The molecule has 1 N–H and O–H groups in total. The predicted octanol–water partition coefficient (Wildman–Crippen LogP) is 5.67. The lowest BCUT2D eigenvalue weighted by atomic mass is 10.0. The van der Waals surface area contributed by atoms with Crippen molar-refractivity contribution in [2.24, 2.45) is 0 Å². The van der Waals surface area contributed by atoms with Gasteiger partial charge in [0, 0.05) is 40.4 Å². The van der Waals surface area contributed by atoms with Gasteiger partial charge in [0.1, 0.15) is 16.4 Å². The lowest BCUT2D eigenvalue weighted by Gasteiger charge is -2.14. The Morgan fingerprint density at radius 3 is 2.50 bits per heavy atom. The average molecular weight is 464 g/mol. The topological polar surface area (TPSA) is 51.3 Å². The second kappa shape index (κ2) is 7.42. The number of hydrogen-bond acceptors (Lipinski definition) is 3. The van der Waals surface area contributed by atoms with Crippen LogP contribution in [0, 0.1) is 11.6 Å². The van der Waals surface area contributed by atoms with Crippen molar-refractivity contribution >= 4 is 32.6 Å². The highest BCUT2D eigenvalue weighted by atomic mass is 79.9. The molecule has 1 atom stereocenters. The summed E-state index contributed by atoms with van der Waals surface area (Å²) in [4.78, 5) is 14.5. The first kappa shape index (κ1) is 20.1. The Hall–Kier alpha value is -2.62. The molecule has 0 bridgehead atoms. The Balaban J connectivity index is 2.03. The van der Waals surface area contributed by atoms with Gasteiger partial charge in [-0.05, 0) is 12.1 Å². The summed E-state index contributed by atoms with van der Waals surface area (Å²) in [7, 11) is 1.30. The zero-order valence-corrected chi connectivity index (χ0v) is 15.6. The third kappa shape index (κ3) is 3.96. The number of fused-ring (bicyclic) bond motifs is 1. The summed E-state index contributed by atoms with van der Waals surface area (Å²) in [5.41, 5.74) is 0.425. The Kier molecular flexibility index (Phi) is 5.33. The van der Waals surface area contributed by atoms with Gasteiger partial charge in [-0.3, -0.25) is 4.79 Å². The Bertz CT molecular complexity index is 1050. The number of nitrogens with one attached hydrogen (secondary N) is 1. The lowest BCUT2D eigenvalue weighted by molar-refractivity contribution is -0.275. The number of hydrogen-bond donors (Lipinski definition) is 1. The number of ketones is 1. The number of H-pyrrole nitrogens is 1. The zero-order valence-electron chi connectivity index (χ0n) is 14.0. The van der Waals surface area contributed by atoms with Crippen molar-refractivity contribution < 1.29 is 36.2 Å². The number of aromatic amines is 1. The molecule has 0 radical (unpaired) electrons. The lowest BCUT2D eigenvalue weighted by Crippen LogP contribution is -2.18. The zero-order chi connectivity index (χ0) is 20.6. The van der Waals surface area contributed by atoms with Gasteiger partial charge in [-0.25, -0.2) is 8.78 Å². The van der Waals surface area contributed by atoms with E-state index in [1.807, 2.05) is 0 Å². The first-order valence-corrected chi connectivity index (χ1v) is 8.60. The van der Waals surface area contributed by atoms with E-state index in [0.717, 1.165) is 24.3 Å². The number of methoxy groups -OCH3 is 1. The molecule has 1 aromatic heterocycles. The molecule has 0 amide bonds. The van der Waals surface area contributed by atoms with Crippen LogP contribution in [0.4, 0.5) is 22.0 Å². The SMILES string of the molecule is COc1cc(F)ccc1C(Br)C(=O)c1c[nH]c2cc(F)c(OC(F)(F)F)cc12. The number of halogens is 6. The van der Waals surface area contributed by atoms with Crippen LogP contribution in [0.3, 0.4) is 0 Å². The first-order valence-electron chi connectivity index (χ1n) is 7.69. The normalized spacial score (nSPS) is 12.8. The van der Waals surface area contributed by atoms with Crippen molar-refractivity contribution in [1.82, 2.24) is 4.98 Å². The summed E-state index contributed by atoms with van der Waals surface area (Å²) in [6, 6.07) is 5.17. The highest BCUT2D eigenvalue weighted by molar-refractivity contribution is 9.09. The van der Waals surface area contributed by atoms with E-state index < -0.39 is 34.4 Å². The van der Waals surface area contributed by atoms with Crippen LogP contribution in [0.1, 0.15) is 20.7 Å². The van der Waals surface area contributed by atoms with E-state index >= 15 is 0 Å². The fourth-order valence-corrected chi connectivity index (χ4v) is 3.33. The summed E-state index contributed by atoms with van der Waals surface area (Å²) in [5, 5.41) is 0.0381. The summed E-state index contributed by atoms with van der Waals surface area (Å²) in [6.45, 7) is 0. The largest absolute Gasteiger partial charge is 0.573 e. The molecule has 3 rings (SSSR count). The van der Waals surface area contributed by atoms with Crippen molar-refractivity contribution in [3.63, 3.8) is 0 Å². The van der Waals surface area contributed by atoms with Crippen LogP contribution >= 0.6 is 15.9 Å². The molecule has 0 saturated carbocycles. The van der Waals surface area contributed by atoms with Crippen molar-refractivity contribution in [2.45, 2.75) is 11.2 Å². The number of rotatable bonds is 5. The Morgan fingerprint density at radius 2 is 1.86 bits per heavy atom. The molecule has 148 valence electrons. The number of Topliss-reactive ketones (excluding diaryl/α,β-unsaturated/α-hetero) is 1. The molecule has 4 nitrogen and oxygen atoms in total. The molecule has 1 heterocycles. The number of ether oxygens (including phenoxy) is 2. The molecule has 0 aliphatic carbocycles. The second-order valence-corrected chi connectivity index (χ2v) is 6.61. The molecule has 0 saturated heterocycles. The Morgan fingerprint density at radius 1 is 1.14 bits per heavy atom. The standard InChI is InChI=1S/C18H11BrF5NO3/c1-27-14-4-8(20)2-3-9(14)16(19)17(26)11-7-25-13-6-12(21)15(5-10(11)13)28-18(22,23)24/h2-7,16,25H,1H3. The fraction of sp³-hybridized carbons (Fsp3) is 0.167. The van der Waals surface area contributed by atoms with Gasteiger partial charge >= 0.3 is 6.36 Å². The van der Waals surface area contributed by atoms with E-state index in [1.54, 1.807) is 0 Å². The second-order valence-electron chi connectivity index (χ2n) is 5.69. The predicted molar refractivity (Wildman–Crippen MR) is 93.9 cm³/mol.